The molecular weight excluding hydrogens is 246 g/mol. The van der Waals surface area contributed by atoms with Crippen LogP contribution in [-0.2, 0) is 0 Å². The molecule has 4 nitrogen and oxygen atoms in total. The van der Waals surface area contributed by atoms with Crippen LogP contribution in [0.25, 0.3) is 0 Å². The Hall–Kier alpha value is -1.88. The van der Waals surface area contributed by atoms with E-state index in [1.165, 1.54) is 0 Å². The Bertz CT molecular complexity index is 593. The lowest BCUT2D eigenvalue weighted by molar-refractivity contribution is 0.0983. The molecule has 0 saturated heterocycles. The molecule has 0 aliphatic carbocycles. The second-order valence-electron chi connectivity index (χ2n) is 4.12. The molecule has 3 N–H and O–H groups in total. The third-order valence-corrected chi connectivity index (χ3v) is 3.95. The number of nitrogens with two attached hydrogens (primary N) is 1. The summed E-state index contributed by atoms with van der Waals surface area (Å²) in [5, 5.41) is 0. The smallest absolute Gasteiger partial charge is 0.274 e. The van der Waals surface area contributed by atoms with Crippen molar-refractivity contribution in [2.24, 2.45) is 0 Å². The van der Waals surface area contributed by atoms with E-state index in [0.717, 1.165) is 22.9 Å². The number of nitrogens with one attached hydrogen (secondary N) is 1. The molecular formula is C13H13N3OS. The minimum absolute atomic E-state index is 0.0283. The summed E-state index contributed by atoms with van der Waals surface area (Å²) < 4.78 is 0. The lowest BCUT2D eigenvalue weighted by Crippen LogP contribution is -2.35. The van der Waals surface area contributed by atoms with Gasteiger partial charge in [-0.1, -0.05) is 12.1 Å². The summed E-state index contributed by atoms with van der Waals surface area (Å²) in [5.74, 6) is 0.887. The van der Waals surface area contributed by atoms with E-state index in [4.69, 9.17) is 5.73 Å². The second kappa shape index (κ2) is 4.42. The van der Waals surface area contributed by atoms with Crippen LogP contribution >= 0.6 is 11.8 Å². The fourth-order valence-electron chi connectivity index (χ4n) is 2.06. The van der Waals surface area contributed by atoms with Gasteiger partial charge >= 0.3 is 0 Å². The number of amides is 1. The maximum atomic E-state index is 12.4. The third-order valence-electron chi connectivity index (χ3n) is 2.91. The summed E-state index contributed by atoms with van der Waals surface area (Å²) in [4.78, 5) is 18.3. The Labute approximate surface area is 109 Å². The minimum Gasteiger partial charge on any atom is -0.397 e. The van der Waals surface area contributed by atoms with Gasteiger partial charge in [0.2, 0.25) is 0 Å². The molecule has 1 aromatic heterocycles. The Morgan fingerprint density at radius 2 is 2.22 bits per heavy atom. The molecule has 0 saturated carbocycles. The number of benzene rings is 1. The van der Waals surface area contributed by atoms with Crippen LogP contribution in [0, 0.1) is 0 Å². The molecule has 0 bridgehead atoms. The summed E-state index contributed by atoms with van der Waals surface area (Å²) in [6, 6.07) is 9.64. The number of para-hydroxylation sites is 1. The number of carbonyl (C=O) groups is 1. The maximum absolute atomic E-state index is 12.4. The second-order valence-corrected chi connectivity index (χ2v) is 5.26. The third kappa shape index (κ3) is 1.86. The molecule has 92 valence electrons. The molecule has 0 fully saturated rings. The topological polar surface area (TPSA) is 62.1 Å². The molecule has 18 heavy (non-hydrogen) atoms. The average Bonchev–Trinajstić information content (AvgIpc) is 2.84. The van der Waals surface area contributed by atoms with Crippen LogP contribution in [0.5, 0.6) is 0 Å². The zero-order chi connectivity index (χ0) is 12.5. The standard InChI is InChI=1S/C13H13N3OS/c14-9-7-10(15-8-9)13(17)16-5-6-18-12-4-2-1-3-11(12)16/h1-4,7-8,15H,5-6,14H2. The van der Waals surface area contributed by atoms with Crippen LogP contribution in [0.1, 0.15) is 10.5 Å². The van der Waals surface area contributed by atoms with Crippen LogP contribution in [-0.4, -0.2) is 23.2 Å². The summed E-state index contributed by atoms with van der Waals surface area (Å²) >= 11 is 1.78. The van der Waals surface area contributed by atoms with Crippen molar-refractivity contribution in [3.05, 3.63) is 42.2 Å². The van der Waals surface area contributed by atoms with Gasteiger partial charge in [0.25, 0.3) is 5.91 Å². The Morgan fingerprint density at radius 1 is 1.39 bits per heavy atom. The molecule has 0 atom stereocenters. The predicted molar refractivity (Wildman–Crippen MR) is 74.0 cm³/mol. The van der Waals surface area contributed by atoms with E-state index >= 15 is 0 Å². The van der Waals surface area contributed by atoms with Gasteiger partial charge in [0.15, 0.2) is 0 Å². The molecule has 1 amide bonds. The molecule has 2 aromatic rings. The van der Waals surface area contributed by atoms with Gasteiger partial charge in [-0.15, -0.1) is 11.8 Å². The molecule has 0 spiro atoms. The fraction of sp³-hybridized carbons (Fsp3) is 0.154. The van der Waals surface area contributed by atoms with Gasteiger partial charge in [0.05, 0.1) is 5.69 Å². The van der Waals surface area contributed by atoms with Gasteiger partial charge in [-0.3, -0.25) is 4.79 Å². The molecule has 1 aliphatic rings. The van der Waals surface area contributed by atoms with Crippen molar-refractivity contribution < 1.29 is 4.79 Å². The highest BCUT2D eigenvalue weighted by Crippen LogP contribution is 2.34. The molecule has 2 heterocycles. The Kier molecular flexibility index (Phi) is 2.76. The summed E-state index contributed by atoms with van der Waals surface area (Å²) in [6.07, 6.45) is 1.64. The van der Waals surface area contributed by atoms with Crippen molar-refractivity contribution >= 4 is 29.0 Å². The van der Waals surface area contributed by atoms with Gasteiger partial charge in [-0.2, -0.15) is 0 Å². The van der Waals surface area contributed by atoms with E-state index in [9.17, 15) is 4.79 Å². The number of nitrogens with zero attached hydrogens (tertiary/aromatic N) is 1. The van der Waals surface area contributed by atoms with Crippen molar-refractivity contribution in [3.63, 3.8) is 0 Å². The first kappa shape index (κ1) is 11.2. The van der Waals surface area contributed by atoms with Gasteiger partial charge in [0, 0.05) is 29.1 Å². The quantitative estimate of drug-likeness (QED) is 0.826. The number of hydrogen-bond donors (Lipinski definition) is 2. The highest BCUT2D eigenvalue weighted by Gasteiger charge is 2.24. The zero-order valence-corrected chi connectivity index (χ0v) is 10.5. The number of nitrogen functional groups attached to an aromatic ring is 1. The van der Waals surface area contributed by atoms with Crippen LogP contribution in [0.3, 0.4) is 0 Å². The lowest BCUT2D eigenvalue weighted by Gasteiger charge is -2.28. The van der Waals surface area contributed by atoms with Crippen LogP contribution in [0.4, 0.5) is 11.4 Å². The average molecular weight is 259 g/mol. The first-order valence-electron chi connectivity index (χ1n) is 5.73. The summed E-state index contributed by atoms with van der Waals surface area (Å²) in [7, 11) is 0. The van der Waals surface area contributed by atoms with Crippen molar-refractivity contribution in [2.75, 3.05) is 22.9 Å². The normalized spacial score (nSPS) is 14.3. The van der Waals surface area contributed by atoms with Gasteiger partial charge < -0.3 is 15.6 Å². The fourth-order valence-corrected chi connectivity index (χ4v) is 3.06. The lowest BCUT2D eigenvalue weighted by atomic mass is 10.2. The summed E-state index contributed by atoms with van der Waals surface area (Å²) in [6.45, 7) is 0.722. The van der Waals surface area contributed by atoms with Crippen molar-refractivity contribution in [3.8, 4) is 0 Å². The van der Waals surface area contributed by atoms with E-state index in [0.29, 0.717) is 11.4 Å². The Morgan fingerprint density at radius 3 is 3.00 bits per heavy atom. The van der Waals surface area contributed by atoms with Gasteiger partial charge in [-0.05, 0) is 18.2 Å². The van der Waals surface area contributed by atoms with E-state index in [2.05, 4.69) is 4.98 Å². The first-order chi connectivity index (χ1) is 8.75. The largest absolute Gasteiger partial charge is 0.397 e. The highest BCUT2D eigenvalue weighted by atomic mass is 32.2. The van der Waals surface area contributed by atoms with Crippen molar-refractivity contribution in [2.45, 2.75) is 4.90 Å². The van der Waals surface area contributed by atoms with Crippen LogP contribution in [0.15, 0.2) is 41.4 Å². The van der Waals surface area contributed by atoms with E-state index in [1.54, 1.807) is 28.9 Å². The van der Waals surface area contributed by atoms with Crippen molar-refractivity contribution in [1.29, 1.82) is 0 Å². The Balaban J connectivity index is 1.96. The number of fused-ring (bicyclic) bond motifs is 1. The van der Waals surface area contributed by atoms with Crippen molar-refractivity contribution in [1.82, 2.24) is 4.98 Å². The van der Waals surface area contributed by atoms with E-state index in [1.807, 2.05) is 24.3 Å². The van der Waals surface area contributed by atoms with Crippen LogP contribution in [0.2, 0.25) is 0 Å². The molecule has 1 aromatic carbocycles. The number of aromatic amines is 1. The monoisotopic (exact) mass is 259 g/mol. The zero-order valence-electron chi connectivity index (χ0n) is 9.72. The number of thioether (sulfide) groups is 1. The first-order valence-corrected chi connectivity index (χ1v) is 6.72. The van der Waals surface area contributed by atoms with Gasteiger partial charge in [0.1, 0.15) is 5.69 Å². The highest BCUT2D eigenvalue weighted by molar-refractivity contribution is 7.99. The predicted octanol–water partition coefficient (Wildman–Crippen LogP) is 2.35. The number of aromatic nitrogens is 1. The number of H-pyrrole nitrogens is 1. The molecule has 3 rings (SSSR count). The molecule has 1 aliphatic heterocycles. The number of hydrogen-bond acceptors (Lipinski definition) is 3. The van der Waals surface area contributed by atoms with E-state index in [-0.39, 0.29) is 5.91 Å². The van der Waals surface area contributed by atoms with Gasteiger partial charge in [-0.25, -0.2) is 0 Å². The number of anilines is 2. The number of rotatable bonds is 1. The van der Waals surface area contributed by atoms with Crippen LogP contribution < -0.4 is 10.6 Å². The number of carbonyl (C=O) groups excluding carboxylic acids is 1. The summed E-state index contributed by atoms with van der Waals surface area (Å²) in [5.41, 5.74) is 7.73. The maximum Gasteiger partial charge on any atom is 0.274 e. The van der Waals surface area contributed by atoms with E-state index < -0.39 is 0 Å². The molecule has 0 radical (unpaired) electrons. The SMILES string of the molecule is Nc1c[nH]c(C(=O)N2CCSc3ccccc32)c1. The minimum atomic E-state index is -0.0283. The molecule has 5 heteroatoms. The molecule has 0 unspecified atom stereocenters.